The smallest absolute Gasteiger partial charge is 0.411 e. The summed E-state index contributed by atoms with van der Waals surface area (Å²) in [6, 6.07) is -3.00. The normalized spacial score (nSPS) is 15.7. The molecule has 0 saturated heterocycles. The van der Waals surface area contributed by atoms with E-state index in [1.807, 2.05) is 0 Å². The zero-order chi connectivity index (χ0) is 14.7. The van der Waals surface area contributed by atoms with Crippen molar-refractivity contribution < 1.29 is 37.7 Å². The van der Waals surface area contributed by atoms with Crippen LogP contribution in [0, 0.1) is 0 Å². The molecule has 106 valence electrons. The van der Waals surface area contributed by atoms with E-state index in [2.05, 4.69) is 4.74 Å². The Labute approximate surface area is 101 Å². The number of ether oxygens (including phenoxy) is 1. The fourth-order valence-electron chi connectivity index (χ4n) is 0.910. The van der Waals surface area contributed by atoms with Crippen LogP contribution in [0.5, 0.6) is 0 Å². The van der Waals surface area contributed by atoms with Crippen LogP contribution >= 0.6 is 0 Å². The van der Waals surface area contributed by atoms with Crippen molar-refractivity contribution >= 4 is 12.1 Å². The predicted octanol–water partition coefficient (Wildman–Crippen LogP) is -0.447. The average molecular weight is 272 g/mol. The van der Waals surface area contributed by atoms with Gasteiger partial charge in [-0.15, -0.1) is 0 Å². The summed E-state index contributed by atoms with van der Waals surface area (Å²) < 4.78 is 41.7. The van der Waals surface area contributed by atoms with Crippen LogP contribution in [0.1, 0.15) is 20.8 Å². The summed E-state index contributed by atoms with van der Waals surface area (Å²) in [5, 5.41) is 20.3. The Kier molecular flexibility index (Phi) is 4.97. The summed E-state index contributed by atoms with van der Waals surface area (Å²) in [5.41, 5.74) is -1.06. The topological polar surface area (TPSA) is 98.7 Å². The highest BCUT2D eigenvalue weighted by Crippen LogP contribution is 2.23. The Morgan fingerprint density at radius 3 is 2.00 bits per heavy atom. The lowest BCUT2D eigenvalue weighted by molar-refractivity contribution is -0.320. The van der Waals surface area contributed by atoms with Gasteiger partial charge in [-0.3, -0.25) is 0 Å². The number of carbonyl (C=O) groups is 2. The van der Waals surface area contributed by atoms with Crippen molar-refractivity contribution in [2.24, 2.45) is 0 Å². The van der Waals surface area contributed by atoms with Gasteiger partial charge < -0.3 is 25.1 Å². The summed E-state index contributed by atoms with van der Waals surface area (Å²) in [6.45, 7) is 4.22. The van der Waals surface area contributed by atoms with Crippen molar-refractivity contribution in [3.63, 3.8) is 0 Å². The van der Waals surface area contributed by atoms with E-state index in [-0.39, 0.29) is 0 Å². The fraction of sp³-hybridized carbons (Fsp3) is 0.778. The van der Waals surface area contributed by atoms with Crippen molar-refractivity contribution in [1.29, 1.82) is 0 Å². The number of nitrogens with one attached hydrogen (secondary N) is 1. The standard InChI is InChI=1S/C9H14F3NO5/c1-8(2,3)18-7(17)13-5(9(10,11)12)4(14)6(15)16/h4-5,14H,1-3H3,(H,13,17)(H,15,16)/p-1/t4-,5-/m1/s1. The minimum absolute atomic E-state index is 1.06. The van der Waals surface area contributed by atoms with Gasteiger partial charge in [0, 0.05) is 0 Å². The summed E-state index contributed by atoms with van der Waals surface area (Å²) in [4.78, 5) is 21.3. The molecule has 2 atom stereocenters. The molecule has 18 heavy (non-hydrogen) atoms. The molecule has 0 radical (unpaired) electrons. The van der Waals surface area contributed by atoms with Crippen LogP contribution in [0.25, 0.3) is 0 Å². The van der Waals surface area contributed by atoms with E-state index in [9.17, 15) is 27.9 Å². The highest BCUT2D eigenvalue weighted by atomic mass is 19.4. The van der Waals surface area contributed by atoms with Gasteiger partial charge in [-0.2, -0.15) is 13.2 Å². The molecule has 9 heteroatoms. The van der Waals surface area contributed by atoms with E-state index >= 15 is 0 Å². The molecule has 0 aliphatic rings. The number of hydrogen-bond acceptors (Lipinski definition) is 5. The number of carboxylic acids is 1. The Morgan fingerprint density at radius 1 is 1.28 bits per heavy atom. The molecule has 0 aliphatic heterocycles. The highest BCUT2D eigenvalue weighted by Gasteiger charge is 2.46. The third-order valence-electron chi connectivity index (χ3n) is 1.58. The molecule has 0 saturated carbocycles. The molecule has 0 spiro atoms. The van der Waals surface area contributed by atoms with Crippen molar-refractivity contribution in [2.75, 3.05) is 0 Å². The number of halogens is 3. The number of hydrogen-bond donors (Lipinski definition) is 2. The number of rotatable bonds is 3. The predicted molar refractivity (Wildman–Crippen MR) is 50.2 cm³/mol. The molecule has 6 nitrogen and oxygen atoms in total. The maximum atomic E-state index is 12.4. The van der Waals surface area contributed by atoms with Gasteiger partial charge in [-0.05, 0) is 20.8 Å². The molecule has 1 amide bonds. The van der Waals surface area contributed by atoms with E-state index in [0.29, 0.717) is 0 Å². The third kappa shape index (κ3) is 5.71. The molecular weight excluding hydrogens is 259 g/mol. The van der Waals surface area contributed by atoms with Crippen molar-refractivity contribution in [3.8, 4) is 0 Å². The number of carboxylic acid groups (broad SMARTS) is 1. The summed E-state index contributed by atoms with van der Waals surface area (Å²) in [5.74, 6) is -2.35. The van der Waals surface area contributed by atoms with Crippen LogP contribution in [0.3, 0.4) is 0 Å². The lowest BCUT2D eigenvalue weighted by atomic mass is 10.1. The molecule has 0 aromatic carbocycles. The number of alkyl carbamates (subject to hydrolysis) is 1. The molecule has 0 heterocycles. The number of amides is 1. The summed E-state index contributed by atoms with van der Waals surface area (Å²) >= 11 is 0. The lowest BCUT2D eigenvalue weighted by Gasteiger charge is -2.28. The quantitative estimate of drug-likeness (QED) is 0.725. The van der Waals surface area contributed by atoms with Gasteiger partial charge >= 0.3 is 12.3 Å². The van der Waals surface area contributed by atoms with Gasteiger partial charge in [0.05, 0.1) is 5.97 Å². The third-order valence-corrected chi connectivity index (χ3v) is 1.58. The second kappa shape index (κ2) is 5.42. The molecular formula is C9H13F3NO5-. The molecule has 0 bridgehead atoms. The second-order valence-corrected chi connectivity index (χ2v) is 4.43. The van der Waals surface area contributed by atoms with Gasteiger partial charge in [0.2, 0.25) is 0 Å². The zero-order valence-electron chi connectivity index (χ0n) is 9.87. The van der Waals surface area contributed by atoms with E-state index in [1.54, 1.807) is 0 Å². The summed E-state index contributed by atoms with van der Waals surface area (Å²) in [7, 11) is 0. The first-order chi connectivity index (χ1) is 7.84. The van der Waals surface area contributed by atoms with Crippen LogP contribution in [0.4, 0.5) is 18.0 Å². The van der Waals surface area contributed by atoms with Crippen molar-refractivity contribution in [3.05, 3.63) is 0 Å². The molecule has 0 aromatic heterocycles. The van der Waals surface area contributed by atoms with Gasteiger partial charge in [-0.1, -0.05) is 0 Å². The Hall–Kier alpha value is -1.51. The fourth-order valence-corrected chi connectivity index (χ4v) is 0.910. The van der Waals surface area contributed by atoms with Crippen molar-refractivity contribution in [1.82, 2.24) is 5.32 Å². The molecule has 0 unspecified atom stereocenters. The molecule has 0 aromatic rings. The number of aliphatic carboxylic acids is 1. The maximum Gasteiger partial charge on any atom is 0.411 e. The number of aliphatic hydroxyl groups is 1. The number of aliphatic hydroxyl groups excluding tert-OH is 1. The zero-order valence-corrected chi connectivity index (χ0v) is 9.87. The first kappa shape index (κ1) is 16.5. The number of carbonyl (C=O) groups excluding carboxylic acids is 2. The Balaban J connectivity index is 4.83. The van der Waals surface area contributed by atoms with Gasteiger partial charge in [0.15, 0.2) is 6.04 Å². The SMILES string of the molecule is CC(C)(C)OC(=O)N[C@H]([C@@H](O)C(=O)[O-])C(F)(F)F. The molecule has 0 rings (SSSR count). The first-order valence-corrected chi connectivity index (χ1v) is 4.80. The molecule has 0 aliphatic carbocycles. The van der Waals surface area contributed by atoms with Crippen LogP contribution in [0.2, 0.25) is 0 Å². The Morgan fingerprint density at radius 2 is 1.72 bits per heavy atom. The molecule has 0 fully saturated rings. The minimum Gasteiger partial charge on any atom is -0.547 e. The van der Waals surface area contributed by atoms with Crippen LogP contribution in [0.15, 0.2) is 0 Å². The van der Waals surface area contributed by atoms with E-state index in [1.165, 1.54) is 26.1 Å². The van der Waals surface area contributed by atoms with Gasteiger partial charge in [0.25, 0.3) is 0 Å². The largest absolute Gasteiger partial charge is 0.547 e. The highest BCUT2D eigenvalue weighted by molar-refractivity contribution is 5.74. The lowest BCUT2D eigenvalue weighted by Crippen LogP contribution is -2.58. The van der Waals surface area contributed by atoms with Gasteiger partial charge in [-0.25, -0.2) is 4.79 Å². The van der Waals surface area contributed by atoms with Crippen LogP contribution in [-0.2, 0) is 9.53 Å². The summed E-state index contributed by atoms with van der Waals surface area (Å²) in [6.07, 6.45) is -9.57. The number of alkyl halides is 3. The minimum atomic E-state index is -5.16. The monoisotopic (exact) mass is 272 g/mol. The average Bonchev–Trinajstić information content (AvgIpc) is 2.08. The maximum absolute atomic E-state index is 12.4. The second-order valence-electron chi connectivity index (χ2n) is 4.43. The first-order valence-electron chi connectivity index (χ1n) is 4.80. The van der Waals surface area contributed by atoms with Gasteiger partial charge in [0.1, 0.15) is 11.7 Å². The molecule has 2 N–H and O–H groups in total. The van der Waals surface area contributed by atoms with E-state index in [0.717, 1.165) is 0 Å². The van der Waals surface area contributed by atoms with Crippen LogP contribution < -0.4 is 10.4 Å². The van der Waals surface area contributed by atoms with E-state index in [4.69, 9.17) is 5.11 Å². The van der Waals surface area contributed by atoms with Crippen LogP contribution in [-0.4, -0.2) is 41.1 Å². The van der Waals surface area contributed by atoms with E-state index < -0.39 is 36.0 Å². The van der Waals surface area contributed by atoms with Crippen molar-refractivity contribution in [2.45, 2.75) is 44.7 Å². The Bertz CT molecular complexity index is 323.